The van der Waals surface area contributed by atoms with Crippen molar-refractivity contribution in [3.63, 3.8) is 0 Å². The zero-order valence-corrected chi connectivity index (χ0v) is 11.4. The number of anilines is 1. The van der Waals surface area contributed by atoms with Crippen molar-refractivity contribution >= 4 is 28.5 Å². The van der Waals surface area contributed by atoms with Crippen LogP contribution in [0.5, 0.6) is 0 Å². The minimum absolute atomic E-state index is 0.348. The summed E-state index contributed by atoms with van der Waals surface area (Å²) in [6.07, 6.45) is 0. The van der Waals surface area contributed by atoms with Gasteiger partial charge in [-0.05, 0) is 43.0 Å². The number of benzene rings is 1. The van der Waals surface area contributed by atoms with Crippen LogP contribution in [0.3, 0.4) is 0 Å². The lowest BCUT2D eigenvalue weighted by molar-refractivity contribution is 0.912. The second kappa shape index (κ2) is 4.83. The molecule has 0 saturated heterocycles. The first-order valence-corrected chi connectivity index (χ1v) is 6.64. The molecule has 0 atom stereocenters. The molecule has 3 aromatic rings. The van der Waals surface area contributed by atoms with Gasteiger partial charge in [0.15, 0.2) is 10.3 Å². The number of rotatable bonds is 2. The number of aryl methyl sites for hydroxylation is 1. The molecule has 2 heterocycles. The van der Waals surface area contributed by atoms with Gasteiger partial charge >= 0.3 is 0 Å². The van der Waals surface area contributed by atoms with Gasteiger partial charge in [0.05, 0.1) is 11.0 Å². The van der Waals surface area contributed by atoms with Gasteiger partial charge in [0.1, 0.15) is 11.8 Å². The Morgan fingerprint density at radius 2 is 2.10 bits per heavy atom. The van der Waals surface area contributed by atoms with Crippen LogP contribution in [0.1, 0.15) is 11.4 Å². The Morgan fingerprint density at radius 3 is 2.90 bits per heavy atom. The lowest BCUT2D eigenvalue weighted by Crippen LogP contribution is -1.93. The third-order valence-corrected chi connectivity index (χ3v) is 3.37. The lowest BCUT2D eigenvalue weighted by atomic mass is 10.3. The first kappa shape index (κ1) is 12.4. The maximum absolute atomic E-state index is 8.91. The van der Waals surface area contributed by atoms with Crippen LogP contribution in [-0.4, -0.2) is 19.9 Å². The van der Waals surface area contributed by atoms with Gasteiger partial charge < -0.3 is 10.7 Å². The number of nitriles is 1. The summed E-state index contributed by atoms with van der Waals surface area (Å²) < 4.78 is 0. The largest absolute Gasteiger partial charge is 0.399 e. The molecule has 0 aliphatic carbocycles. The van der Waals surface area contributed by atoms with Crippen LogP contribution in [0.4, 0.5) is 5.69 Å². The number of nitrogen functional groups attached to an aromatic ring is 1. The summed E-state index contributed by atoms with van der Waals surface area (Å²) in [5, 5.41) is 10.1. The number of aromatic nitrogens is 4. The molecule has 0 unspecified atom stereocenters. The van der Waals surface area contributed by atoms with E-state index in [1.54, 1.807) is 12.1 Å². The third kappa shape index (κ3) is 2.41. The van der Waals surface area contributed by atoms with Crippen molar-refractivity contribution in [2.75, 3.05) is 5.73 Å². The Labute approximate surface area is 119 Å². The number of aromatic amines is 1. The summed E-state index contributed by atoms with van der Waals surface area (Å²) in [6.45, 7) is 1.83. The van der Waals surface area contributed by atoms with Gasteiger partial charge in [0.25, 0.3) is 0 Å². The molecule has 7 heteroatoms. The molecule has 0 aliphatic rings. The minimum Gasteiger partial charge on any atom is -0.399 e. The van der Waals surface area contributed by atoms with Crippen LogP contribution >= 0.6 is 11.8 Å². The number of hydrogen-bond donors (Lipinski definition) is 2. The summed E-state index contributed by atoms with van der Waals surface area (Å²) in [7, 11) is 0. The van der Waals surface area contributed by atoms with E-state index in [0.29, 0.717) is 21.7 Å². The number of H-pyrrole nitrogens is 1. The molecule has 98 valence electrons. The van der Waals surface area contributed by atoms with E-state index >= 15 is 0 Å². The summed E-state index contributed by atoms with van der Waals surface area (Å²) in [5.74, 6) is 0. The Balaban J connectivity index is 1.97. The topological polar surface area (TPSA) is 104 Å². The van der Waals surface area contributed by atoms with Crippen LogP contribution in [0.15, 0.2) is 34.6 Å². The highest BCUT2D eigenvalue weighted by atomic mass is 32.2. The third-order valence-electron chi connectivity index (χ3n) is 2.62. The average Bonchev–Trinajstić information content (AvgIpc) is 2.79. The predicted molar refractivity (Wildman–Crippen MR) is 76.1 cm³/mol. The fourth-order valence-corrected chi connectivity index (χ4v) is 2.59. The zero-order chi connectivity index (χ0) is 14.1. The molecule has 0 amide bonds. The van der Waals surface area contributed by atoms with E-state index in [9.17, 15) is 0 Å². The van der Waals surface area contributed by atoms with Crippen LogP contribution in [-0.2, 0) is 0 Å². The maximum atomic E-state index is 8.91. The maximum Gasteiger partial charge on any atom is 0.196 e. The number of nitrogens with one attached hydrogen (secondary N) is 1. The monoisotopic (exact) mass is 282 g/mol. The summed E-state index contributed by atoms with van der Waals surface area (Å²) >= 11 is 1.28. The van der Waals surface area contributed by atoms with Crippen molar-refractivity contribution < 1.29 is 0 Å². The second-order valence-electron chi connectivity index (χ2n) is 4.21. The normalized spacial score (nSPS) is 10.6. The van der Waals surface area contributed by atoms with Gasteiger partial charge in [-0.25, -0.2) is 15.0 Å². The Hall–Kier alpha value is -2.59. The van der Waals surface area contributed by atoms with Crippen LogP contribution < -0.4 is 5.73 Å². The van der Waals surface area contributed by atoms with Crippen LogP contribution in [0.2, 0.25) is 0 Å². The van der Waals surface area contributed by atoms with E-state index in [0.717, 1.165) is 16.7 Å². The van der Waals surface area contributed by atoms with E-state index in [1.807, 2.05) is 25.1 Å². The summed E-state index contributed by atoms with van der Waals surface area (Å²) in [5.41, 5.74) is 9.19. The minimum atomic E-state index is 0.348. The quantitative estimate of drug-likeness (QED) is 0.552. The van der Waals surface area contributed by atoms with E-state index in [4.69, 9.17) is 11.0 Å². The molecule has 0 fully saturated rings. The standard InChI is InChI=1S/C13H10N6S/c1-7-4-9(6-14)17-12(16-7)20-13-18-10-3-2-8(15)5-11(10)19-13/h2-5H,15H2,1H3,(H,18,19). The van der Waals surface area contributed by atoms with Crippen LogP contribution in [0, 0.1) is 18.3 Å². The molecule has 0 aliphatic heterocycles. The summed E-state index contributed by atoms with van der Waals surface area (Å²) in [4.78, 5) is 16.0. The molecule has 0 saturated carbocycles. The number of nitrogens with two attached hydrogens (primary N) is 1. The van der Waals surface area contributed by atoms with Crippen molar-refractivity contribution in [1.82, 2.24) is 19.9 Å². The van der Waals surface area contributed by atoms with E-state index in [2.05, 4.69) is 19.9 Å². The molecule has 6 nitrogen and oxygen atoms in total. The van der Waals surface area contributed by atoms with Gasteiger partial charge in [-0.1, -0.05) is 0 Å². The van der Waals surface area contributed by atoms with Crippen molar-refractivity contribution in [2.24, 2.45) is 0 Å². The summed E-state index contributed by atoms with van der Waals surface area (Å²) in [6, 6.07) is 9.13. The smallest absolute Gasteiger partial charge is 0.196 e. The fraction of sp³-hybridized carbons (Fsp3) is 0.0769. The van der Waals surface area contributed by atoms with E-state index < -0.39 is 0 Å². The highest BCUT2D eigenvalue weighted by molar-refractivity contribution is 7.99. The molecule has 0 bridgehead atoms. The van der Waals surface area contributed by atoms with Crippen molar-refractivity contribution in [1.29, 1.82) is 5.26 Å². The van der Waals surface area contributed by atoms with Gasteiger partial charge in [-0.2, -0.15) is 5.26 Å². The molecule has 3 rings (SSSR count). The van der Waals surface area contributed by atoms with E-state index in [1.165, 1.54) is 11.8 Å². The van der Waals surface area contributed by atoms with Crippen molar-refractivity contribution in [2.45, 2.75) is 17.2 Å². The number of hydrogen-bond acceptors (Lipinski definition) is 6. The molecule has 20 heavy (non-hydrogen) atoms. The number of nitrogens with zero attached hydrogens (tertiary/aromatic N) is 4. The number of fused-ring (bicyclic) bond motifs is 1. The first-order valence-electron chi connectivity index (χ1n) is 5.83. The molecular weight excluding hydrogens is 272 g/mol. The first-order chi connectivity index (χ1) is 9.64. The molecule has 2 aromatic heterocycles. The Bertz CT molecular complexity index is 832. The van der Waals surface area contributed by atoms with Crippen molar-refractivity contribution in [3.05, 3.63) is 35.7 Å². The molecule has 1 aromatic carbocycles. The molecular formula is C13H10N6S. The second-order valence-corrected chi connectivity index (χ2v) is 5.17. The van der Waals surface area contributed by atoms with E-state index in [-0.39, 0.29) is 0 Å². The predicted octanol–water partition coefficient (Wildman–Crippen LogP) is 2.27. The van der Waals surface area contributed by atoms with Gasteiger partial charge in [0.2, 0.25) is 0 Å². The van der Waals surface area contributed by atoms with Crippen molar-refractivity contribution in [3.8, 4) is 6.07 Å². The van der Waals surface area contributed by atoms with Crippen LogP contribution in [0.25, 0.3) is 11.0 Å². The number of imidazole rings is 1. The lowest BCUT2D eigenvalue weighted by Gasteiger charge is -1.98. The zero-order valence-electron chi connectivity index (χ0n) is 10.6. The molecule has 3 N–H and O–H groups in total. The van der Waals surface area contributed by atoms with Gasteiger partial charge in [-0.3, -0.25) is 0 Å². The highest BCUT2D eigenvalue weighted by Gasteiger charge is 2.08. The average molecular weight is 282 g/mol. The van der Waals surface area contributed by atoms with Gasteiger partial charge in [0, 0.05) is 11.4 Å². The Kier molecular flexibility index (Phi) is 3.00. The Morgan fingerprint density at radius 1 is 1.25 bits per heavy atom. The molecule has 0 radical (unpaired) electrons. The SMILES string of the molecule is Cc1cc(C#N)nc(Sc2nc3ccc(N)cc3[nH]2)n1. The molecule has 0 spiro atoms. The fourth-order valence-electron chi connectivity index (χ4n) is 1.78. The highest BCUT2D eigenvalue weighted by Crippen LogP contribution is 2.25. The van der Waals surface area contributed by atoms with Gasteiger partial charge in [-0.15, -0.1) is 0 Å².